The number of nitrogens with one attached hydrogen (secondary N) is 1. The third-order valence-corrected chi connectivity index (χ3v) is 3.59. The predicted molar refractivity (Wildman–Crippen MR) is 75.3 cm³/mol. The van der Waals surface area contributed by atoms with Crippen molar-refractivity contribution in [1.82, 2.24) is 5.32 Å². The van der Waals surface area contributed by atoms with Gasteiger partial charge in [0.15, 0.2) is 0 Å². The second-order valence-corrected chi connectivity index (χ2v) is 5.94. The van der Waals surface area contributed by atoms with Crippen molar-refractivity contribution >= 4 is 17.5 Å². The molecule has 3 N–H and O–H groups in total. The van der Waals surface area contributed by atoms with Crippen LogP contribution in [0.3, 0.4) is 0 Å². The first-order chi connectivity index (χ1) is 8.90. The van der Waals surface area contributed by atoms with Crippen LogP contribution in [0.2, 0.25) is 5.02 Å². The van der Waals surface area contributed by atoms with Crippen molar-refractivity contribution in [2.24, 2.45) is 11.1 Å². The Morgan fingerprint density at radius 1 is 1.53 bits per heavy atom. The largest absolute Gasteiger partial charge is 0.493 e. The Labute approximate surface area is 118 Å². The summed E-state index contributed by atoms with van der Waals surface area (Å²) in [6.45, 7) is 5.47. The van der Waals surface area contributed by atoms with Crippen molar-refractivity contribution in [1.29, 1.82) is 0 Å². The average Bonchev–Trinajstić information content (AvgIpc) is 2.76. The molecule has 0 fully saturated rings. The summed E-state index contributed by atoms with van der Waals surface area (Å²) in [7, 11) is 0. The van der Waals surface area contributed by atoms with Crippen molar-refractivity contribution in [3.05, 3.63) is 28.3 Å². The van der Waals surface area contributed by atoms with Gasteiger partial charge >= 0.3 is 0 Å². The van der Waals surface area contributed by atoms with Gasteiger partial charge in [-0.2, -0.15) is 0 Å². The van der Waals surface area contributed by atoms with Crippen LogP contribution in [0.5, 0.6) is 5.75 Å². The van der Waals surface area contributed by atoms with Gasteiger partial charge < -0.3 is 15.8 Å². The lowest BCUT2D eigenvalue weighted by atomic mass is 9.92. The van der Waals surface area contributed by atoms with Gasteiger partial charge in [-0.05, 0) is 31.5 Å². The van der Waals surface area contributed by atoms with Crippen molar-refractivity contribution in [2.75, 3.05) is 13.2 Å². The number of carbonyl (C=O) groups excluding carboxylic acids is 1. The van der Waals surface area contributed by atoms with Gasteiger partial charge in [-0.1, -0.05) is 11.6 Å². The number of ether oxygens (including phenoxy) is 1. The molecular weight excluding hydrogens is 264 g/mol. The number of carbonyl (C=O) groups is 1. The Kier molecular flexibility index (Phi) is 4.02. The van der Waals surface area contributed by atoms with Gasteiger partial charge in [-0.3, -0.25) is 4.79 Å². The molecule has 0 atom stereocenters. The molecule has 0 radical (unpaired) electrons. The first-order valence-corrected chi connectivity index (χ1v) is 6.73. The summed E-state index contributed by atoms with van der Waals surface area (Å²) in [6, 6.07) is 3.84. The van der Waals surface area contributed by atoms with E-state index in [9.17, 15) is 4.79 Å². The Balaban J connectivity index is 2.03. The Bertz CT molecular complexity index is 500. The fraction of sp³-hybridized carbons (Fsp3) is 0.500. The second-order valence-electron chi connectivity index (χ2n) is 5.50. The van der Waals surface area contributed by atoms with Crippen LogP contribution in [0.1, 0.15) is 25.0 Å². The maximum atomic E-state index is 11.2. The van der Waals surface area contributed by atoms with Crippen LogP contribution in [0.25, 0.3) is 0 Å². The molecular formula is C14H19ClN2O2. The fourth-order valence-electron chi connectivity index (χ4n) is 2.07. The van der Waals surface area contributed by atoms with Crippen LogP contribution in [0.4, 0.5) is 0 Å². The van der Waals surface area contributed by atoms with Crippen molar-refractivity contribution in [2.45, 2.75) is 26.8 Å². The van der Waals surface area contributed by atoms with E-state index in [-0.39, 0.29) is 5.91 Å². The highest BCUT2D eigenvalue weighted by molar-refractivity contribution is 6.30. The molecule has 0 bridgehead atoms. The second kappa shape index (κ2) is 5.39. The molecule has 0 spiro atoms. The third-order valence-electron chi connectivity index (χ3n) is 3.37. The maximum Gasteiger partial charge on any atom is 0.224 e. The molecule has 0 aliphatic carbocycles. The molecule has 19 heavy (non-hydrogen) atoms. The number of hydrogen-bond donors (Lipinski definition) is 2. The normalized spacial score (nSPS) is 14.1. The van der Waals surface area contributed by atoms with Crippen LogP contribution in [0, 0.1) is 5.41 Å². The summed E-state index contributed by atoms with van der Waals surface area (Å²) in [5.74, 6) is 0.612. The first kappa shape index (κ1) is 14.2. The lowest BCUT2D eigenvalue weighted by molar-refractivity contribution is -0.125. The lowest BCUT2D eigenvalue weighted by Gasteiger charge is -2.21. The summed E-state index contributed by atoms with van der Waals surface area (Å²) in [5, 5.41) is 3.96. The van der Waals surface area contributed by atoms with E-state index in [1.807, 2.05) is 26.0 Å². The molecule has 1 aliphatic heterocycles. The molecule has 1 amide bonds. The first-order valence-electron chi connectivity index (χ1n) is 6.35. The zero-order valence-corrected chi connectivity index (χ0v) is 12.0. The smallest absolute Gasteiger partial charge is 0.224 e. The minimum absolute atomic E-state index is 0.312. The highest BCUT2D eigenvalue weighted by Gasteiger charge is 2.24. The molecule has 104 valence electrons. The van der Waals surface area contributed by atoms with E-state index in [4.69, 9.17) is 22.1 Å². The molecule has 1 aromatic rings. The van der Waals surface area contributed by atoms with E-state index in [1.165, 1.54) is 0 Å². The van der Waals surface area contributed by atoms with Crippen molar-refractivity contribution < 1.29 is 9.53 Å². The zero-order valence-electron chi connectivity index (χ0n) is 11.3. The SMILES string of the molecule is CC(C)(CNCc1cc(Cl)cc2c1OCC2)C(N)=O. The molecule has 2 rings (SSSR count). The number of benzene rings is 1. The van der Waals surface area contributed by atoms with E-state index < -0.39 is 5.41 Å². The number of fused-ring (bicyclic) bond motifs is 1. The zero-order chi connectivity index (χ0) is 14.0. The standard InChI is InChI=1S/C14H19ClN2O2/c1-14(2,13(16)18)8-17-7-10-6-11(15)5-9-3-4-19-12(9)10/h5-6,17H,3-4,7-8H2,1-2H3,(H2,16,18). The van der Waals surface area contributed by atoms with E-state index >= 15 is 0 Å². The Hall–Kier alpha value is -1.26. The van der Waals surface area contributed by atoms with Gasteiger partial charge in [0.1, 0.15) is 5.75 Å². The van der Waals surface area contributed by atoms with Gasteiger partial charge in [-0.15, -0.1) is 0 Å². The highest BCUT2D eigenvalue weighted by Crippen LogP contribution is 2.32. The van der Waals surface area contributed by atoms with E-state index in [0.717, 1.165) is 28.3 Å². The Morgan fingerprint density at radius 2 is 2.26 bits per heavy atom. The van der Waals surface area contributed by atoms with Crippen molar-refractivity contribution in [3.63, 3.8) is 0 Å². The molecule has 4 nitrogen and oxygen atoms in total. The van der Waals surface area contributed by atoms with Crippen LogP contribution in [-0.2, 0) is 17.8 Å². The molecule has 0 saturated heterocycles. The summed E-state index contributed by atoms with van der Waals surface area (Å²) in [5.41, 5.74) is 6.95. The fourth-order valence-corrected chi connectivity index (χ4v) is 2.34. The van der Waals surface area contributed by atoms with Crippen LogP contribution in [0.15, 0.2) is 12.1 Å². The van der Waals surface area contributed by atoms with Gasteiger partial charge in [-0.25, -0.2) is 0 Å². The number of nitrogens with two attached hydrogens (primary N) is 1. The molecule has 1 aliphatic rings. The number of amides is 1. The molecule has 0 unspecified atom stereocenters. The van der Waals surface area contributed by atoms with E-state index in [0.29, 0.717) is 19.7 Å². The molecule has 1 heterocycles. The minimum atomic E-state index is -0.567. The molecule has 5 heteroatoms. The summed E-state index contributed by atoms with van der Waals surface area (Å²) in [4.78, 5) is 11.2. The molecule has 0 saturated carbocycles. The van der Waals surface area contributed by atoms with E-state index in [2.05, 4.69) is 5.32 Å². The van der Waals surface area contributed by atoms with Gasteiger partial charge in [0.2, 0.25) is 5.91 Å². The molecule has 0 aromatic heterocycles. The third kappa shape index (κ3) is 3.19. The highest BCUT2D eigenvalue weighted by atomic mass is 35.5. The summed E-state index contributed by atoms with van der Waals surface area (Å²) >= 11 is 6.09. The quantitative estimate of drug-likeness (QED) is 0.867. The van der Waals surface area contributed by atoms with Crippen LogP contribution < -0.4 is 15.8 Å². The number of rotatable bonds is 5. The topological polar surface area (TPSA) is 64.3 Å². The maximum absolute atomic E-state index is 11.2. The van der Waals surface area contributed by atoms with Crippen LogP contribution in [-0.4, -0.2) is 19.1 Å². The van der Waals surface area contributed by atoms with E-state index in [1.54, 1.807) is 0 Å². The summed E-state index contributed by atoms with van der Waals surface area (Å²) < 4.78 is 5.62. The van der Waals surface area contributed by atoms with Gasteiger partial charge in [0.05, 0.1) is 12.0 Å². The monoisotopic (exact) mass is 282 g/mol. The number of halogens is 1. The Morgan fingerprint density at radius 3 is 2.95 bits per heavy atom. The van der Waals surface area contributed by atoms with Crippen LogP contribution >= 0.6 is 11.6 Å². The minimum Gasteiger partial charge on any atom is -0.493 e. The number of hydrogen-bond acceptors (Lipinski definition) is 3. The van der Waals surface area contributed by atoms with Gasteiger partial charge in [0, 0.05) is 30.1 Å². The summed E-state index contributed by atoms with van der Waals surface area (Å²) in [6.07, 6.45) is 0.898. The lowest BCUT2D eigenvalue weighted by Crippen LogP contribution is -2.40. The average molecular weight is 283 g/mol. The van der Waals surface area contributed by atoms with Crippen molar-refractivity contribution in [3.8, 4) is 5.75 Å². The predicted octanol–water partition coefficient (Wildman–Crippen LogP) is 1.88. The molecule has 1 aromatic carbocycles. The number of primary amides is 1. The van der Waals surface area contributed by atoms with Gasteiger partial charge in [0.25, 0.3) is 0 Å².